The first kappa shape index (κ1) is 13.1. The number of piperidine rings is 1. The third-order valence-corrected chi connectivity index (χ3v) is 3.75. The van der Waals surface area contributed by atoms with Gasteiger partial charge in [0.05, 0.1) is 5.56 Å². The molecule has 1 amide bonds. The lowest BCUT2D eigenvalue weighted by molar-refractivity contribution is 0.0913. The summed E-state index contributed by atoms with van der Waals surface area (Å²) in [5.41, 5.74) is 6.78. The number of likely N-dealkylation sites (tertiary alicyclic amines) is 1. The number of carbonyl (C=O) groups is 1. The fraction of sp³-hybridized carbons (Fsp3) is 0.500. The van der Waals surface area contributed by atoms with Gasteiger partial charge < -0.3 is 25.4 Å². The van der Waals surface area contributed by atoms with E-state index in [2.05, 4.69) is 17.3 Å². The molecule has 108 valence electrons. The molecule has 2 aliphatic rings. The number of carbonyl (C=O) groups excluding carboxylic acids is 1. The molecule has 1 saturated heterocycles. The van der Waals surface area contributed by atoms with Crippen LogP contribution in [-0.4, -0.2) is 43.8 Å². The van der Waals surface area contributed by atoms with Crippen LogP contribution in [0.3, 0.4) is 0 Å². The second kappa shape index (κ2) is 5.20. The van der Waals surface area contributed by atoms with Crippen LogP contribution in [0, 0.1) is 0 Å². The number of likely N-dealkylation sites (N-methyl/N-ethyl adjacent to an activating group) is 1. The topological polar surface area (TPSA) is 76.8 Å². The van der Waals surface area contributed by atoms with Gasteiger partial charge >= 0.3 is 0 Å². The lowest BCUT2D eigenvalue weighted by atomic mass is 10.1. The number of nitrogens with two attached hydrogens (primary N) is 1. The molecule has 1 atom stereocenters. The van der Waals surface area contributed by atoms with E-state index in [0.717, 1.165) is 25.9 Å². The smallest absolute Gasteiger partial charge is 0.253 e. The summed E-state index contributed by atoms with van der Waals surface area (Å²) in [6, 6.07) is 3.47. The van der Waals surface area contributed by atoms with Crippen LogP contribution in [0.5, 0.6) is 11.5 Å². The summed E-state index contributed by atoms with van der Waals surface area (Å²) in [5, 5.41) is 3.04. The van der Waals surface area contributed by atoms with Gasteiger partial charge in [0, 0.05) is 24.3 Å². The highest BCUT2D eigenvalue weighted by atomic mass is 16.7. The molecule has 2 heterocycles. The van der Waals surface area contributed by atoms with E-state index in [1.165, 1.54) is 0 Å². The quantitative estimate of drug-likeness (QED) is 0.783. The van der Waals surface area contributed by atoms with E-state index in [-0.39, 0.29) is 18.7 Å². The molecule has 0 spiro atoms. The summed E-state index contributed by atoms with van der Waals surface area (Å²) in [6.45, 7) is 2.13. The Bertz CT molecular complexity index is 533. The van der Waals surface area contributed by atoms with Gasteiger partial charge in [-0.2, -0.15) is 0 Å². The Labute approximate surface area is 117 Å². The number of ether oxygens (including phenoxy) is 2. The number of fused-ring (bicyclic) bond motifs is 1. The minimum Gasteiger partial charge on any atom is -0.454 e. The molecule has 1 fully saturated rings. The molecule has 0 radical (unpaired) electrons. The zero-order valence-corrected chi connectivity index (χ0v) is 11.5. The van der Waals surface area contributed by atoms with Crippen molar-refractivity contribution in [2.75, 3.05) is 32.7 Å². The van der Waals surface area contributed by atoms with E-state index < -0.39 is 0 Å². The number of benzene rings is 1. The van der Waals surface area contributed by atoms with Gasteiger partial charge in [0.25, 0.3) is 5.91 Å². The molecule has 0 aromatic heterocycles. The van der Waals surface area contributed by atoms with Crippen molar-refractivity contribution < 1.29 is 14.3 Å². The van der Waals surface area contributed by atoms with Crippen LogP contribution in [0.1, 0.15) is 23.2 Å². The van der Waals surface area contributed by atoms with Gasteiger partial charge in [-0.05, 0) is 32.5 Å². The number of nitrogens with zero attached hydrogens (tertiary/aromatic N) is 1. The summed E-state index contributed by atoms with van der Waals surface area (Å²) in [7, 11) is 2.06. The summed E-state index contributed by atoms with van der Waals surface area (Å²) >= 11 is 0. The highest BCUT2D eigenvalue weighted by Gasteiger charge is 2.23. The van der Waals surface area contributed by atoms with Crippen molar-refractivity contribution in [2.45, 2.75) is 18.9 Å². The average molecular weight is 277 g/mol. The fourth-order valence-corrected chi connectivity index (χ4v) is 2.70. The minimum absolute atomic E-state index is 0.152. The van der Waals surface area contributed by atoms with Crippen molar-refractivity contribution in [1.82, 2.24) is 10.2 Å². The number of anilines is 1. The lowest BCUT2D eigenvalue weighted by Crippen LogP contribution is -2.46. The van der Waals surface area contributed by atoms with Crippen LogP contribution in [-0.2, 0) is 0 Å². The standard InChI is InChI=1S/C14H19N3O3/c1-17-4-2-3-9(7-17)16-14(18)10-5-12-13(6-11(10)15)20-8-19-12/h5-6,9H,2-4,7-8,15H2,1H3,(H,16,18). The Kier molecular flexibility index (Phi) is 3.40. The highest BCUT2D eigenvalue weighted by molar-refractivity contribution is 6.00. The first-order valence-electron chi connectivity index (χ1n) is 6.82. The van der Waals surface area contributed by atoms with Gasteiger partial charge in [0.15, 0.2) is 11.5 Å². The SMILES string of the molecule is CN1CCCC(NC(=O)c2cc3c(cc2N)OCO3)C1. The Morgan fingerprint density at radius 1 is 1.40 bits per heavy atom. The first-order chi connectivity index (χ1) is 9.63. The van der Waals surface area contributed by atoms with Crippen molar-refractivity contribution in [3.8, 4) is 11.5 Å². The Morgan fingerprint density at radius 3 is 2.90 bits per heavy atom. The fourth-order valence-electron chi connectivity index (χ4n) is 2.70. The van der Waals surface area contributed by atoms with Gasteiger partial charge in [-0.25, -0.2) is 0 Å². The molecule has 20 heavy (non-hydrogen) atoms. The largest absolute Gasteiger partial charge is 0.454 e. The van der Waals surface area contributed by atoms with Gasteiger partial charge in [0.2, 0.25) is 6.79 Å². The molecule has 6 nitrogen and oxygen atoms in total. The summed E-state index contributed by atoms with van der Waals surface area (Å²) in [6.07, 6.45) is 2.10. The molecule has 1 aromatic rings. The van der Waals surface area contributed by atoms with Crippen LogP contribution >= 0.6 is 0 Å². The van der Waals surface area contributed by atoms with Gasteiger partial charge in [-0.3, -0.25) is 4.79 Å². The van der Waals surface area contributed by atoms with Crippen molar-refractivity contribution in [3.05, 3.63) is 17.7 Å². The molecule has 0 aliphatic carbocycles. The molecule has 0 bridgehead atoms. The third-order valence-electron chi connectivity index (χ3n) is 3.75. The maximum absolute atomic E-state index is 12.3. The number of hydrogen-bond acceptors (Lipinski definition) is 5. The van der Waals surface area contributed by atoms with Gasteiger partial charge in [-0.15, -0.1) is 0 Å². The minimum atomic E-state index is -0.152. The third kappa shape index (κ3) is 2.51. The lowest BCUT2D eigenvalue weighted by Gasteiger charge is -2.30. The summed E-state index contributed by atoms with van der Waals surface area (Å²) in [5.74, 6) is 1.02. The van der Waals surface area contributed by atoms with Gasteiger partial charge in [0.1, 0.15) is 0 Å². The molecule has 1 aromatic carbocycles. The maximum atomic E-state index is 12.3. The van der Waals surface area contributed by atoms with E-state index in [9.17, 15) is 4.79 Å². The number of amides is 1. The normalized spacial score (nSPS) is 21.8. The highest BCUT2D eigenvalue weighted by Crippen LogP contribution is 2.35. The molecule has 6 heteroatoms. The maximum Gasteiger partial charge on any atom is 0.253 e. The Balaban J connectivity index is 1.74. The summed E-state index contributed by atoms with van der Waals surface area (Å²) in [4.78, 5) is 14.6. The number of nitrogens with one attached hydrogen (secondary N) is 1. The van der Waals surface area contributed by atoms with E-state index in [1.807, 2.05) is 0 Å². The van der Waals surface area contributed by atoms with Crippen molar-refractivity contribution in [3.63, 3.8) is 0 Å². The molecule has 1 unspecified atom stereocenters. The van der Waals surface area contributed by atoms with E-state index >= 15 is 0 Å². The van der Waals surface area contributed by atoms with Crippen LogP contribution in [0.25, 0.3) is 0 Å². The molecule has 2 aliphatic heterocycles. The first-order valence-corrected chi connectivity index (χ1v) is 6.82. The van der Waals surface area contributed by atoms with Crippen molar-refractivity contribution in [2.24, 2.45) is 0 Å². The average Bonchev–Trinajstić information content (AvgIpc) is 2.84. The van der Waals surface area contributed by atoms with E-state index in [4.69, 9.17) is 15.2 Å². The summed E-state index contributed by atoms with van der Waals surface area (Å²) < 4.78 is 10.5. The van der Waals surface area contributed by atoms with Crippen LogP contribution in [0.15, 0.2) is 12.1 Å². The van der Waals surface area contributed by atoms with Crippen molar-refractivity contribution >= 4 is 11.6 Å². The van der Waals surface area contributed by atoms with Gasteiger partial charge in [-0.1, -0.05) is 0 Å². The van der Waals surface area contributed by atoms with E-state index in [1.54, 1.807) is 12.1 Å². The van der Waals surface area contributed by atoms with E-state index in [0.29, 0.717) is 22.7 Å². The van der Waals surface area contributed by atoms with Crippen LogP contribution in [0.2, 0.25) is 0 Å². The van der Waals surface area contributed by atoms with Crippen molar-refractivity contribution in [1.29, 1.82) is 0 Å². The predicted molar refractivity (Wildman–Crippen MR) is 75.0 cm³/mol. The number of hydrogen-bond donors (Lipinski definition) is 2. The molecular weight excluding hydrogens is 258 g/mol. The monoisotopic (exact) mass is 277 g/mol. The van der Waals surface area contributed by atoms with Crippen LogP contribution < -0.4 is 20.5 Å². The molecular formula is C14H19N3O3. The van der Waals surface area contributed by atoms with Crippen LogP contribution in [0.4, 0.5) is 5.69 Å². The molecule has 0 saturated carbocycles. The molecule has 3 N–H and O–H groups in total. The molecule has 3 rings (SSSR count). The Morgan fingerprint density at radius 2 is 2.15 bits per heavy atom. The number of rotatable bonds is 2. The second-order valence-corrected chi connectivity index (χ2v) is 5.37. The second-order valence-electron chi connectivity index (χ2n) is 5.37. The zero-order valence-electron chi connectivity index (χ0n) is 11.5. The predicted octanol–water partition coefficient (Wildman–Crippen LogP) is 0.821. The number of nitrogen functional groups attached to an aromatic ring is 1. The Hall–Kier alpha value is -1.95. The zero-order chi connectivity index (χ0) is 14.1.